The molecule has 158 valence electrons. The first-order chi connectivity index (χ1) is 14.8. The number of hydrogen-bond donors (Lipinski definition) is 2. The largest absolute Gasteiger partial charge is 0.382 e. The number of nitrogen functional groups attached to an aromatic ring is 1. The van der Waals surface area contributed by atoms with Gasteiger partial charge in [0.1, 0.15) is 23.3 Å². The lowest BCUT2D eigenvalue weighted by atomic mass is 10.1. The first-order valence-electron chi connectivity index (χ1n) is 9.38. The molecule has 10 heteroatoms. The molecule has 0 atom stereocenters. The van der Waals surface area contributed by atoms with Crippen LogP contribution in [0.15, 0.2) is 42.5 Å². The summed E-state index contributed by atoms with van der Waals surface area (Å²) in [7, 11) is 0. The Morgan fingerprint density at radius 1 is 1.32 bits per heavy atom. The van der Waals surface area contributed by atoms with E-state index < -0.39 is 16.6 Å². The zero-order valence-corrected chi connectivity index (χ0v) is 16.6. The number of amides is 1. The number of nitrogens with two attached hydrogens (primary N) is 1. The van der Waals surface area contributed by atoms with Crippen molar-refractivity contribution in [3.63, 3.8) is 0 Å². The minimum Gasteiger partial charge on any atom is -0.382 e. The Hall–Kier alpha value is -4.26. The van der Waals surface area contributed by atoms with Gasteiger partial charge in [0.2, 0.25) is 0 Å². The number of aryl methyl sites for hydroxylation is 2. The van der Waals surface area contributed by atoms with E-state index in [-0.39, 0.29) is 29.2 Å². The SMILES string of the molecule is Cc1ccc(C(=O)NCCCc2nn(-c3ccc(F)cc3)c(N)c2C#N)cc1[N+](=O)[O-]. The molecular formula is C21H19FN6O3. The number of nitriles is 1. The minimum atomic E-state index is -0.530. The Labute approximate surface area is 177 Å². The molecule has 1 aromatic heterocycles. The molecule has 0 spiro atoms. The average Bonchev–Trinajstić information content (AvgIpc) is 3.07. The normalized spacial score (nSPS) is 10.5. The molecular weight excluding hydrogens is 403 g/mol. The summed E-state index contributed by atoms with van der Waals surface area (Å²) in [5, 5.41) is 27.5. The van der Waals surface area contributed by atoms with Gasteiger partial charge in [-0.05, 0) is 50.1 Å². The molecule has 0 bridgehead atoms. The van der Waals surface area contributed by atoms with Crippen LogP contribution in [0.2, 0.25) is 0 Å². The van der Waals surface area contributed by atoms with E-state index in [0.717, 1.165) is 0 Å². The molecule has 1 amide bonds. The summed E-state index contributed by atoms with van der Waals surface area (Å²) in [4.78, 5) is 22.8. The number of nitrogens with one attached hydrogen (secondary N) is 1. The molecule has 9 nitrogen and oxygen atoms in total. The molecule has 0 saturated heterocycles. The van der Waals surface area contributed by atoms with Crippen LogP contribution in [0.5, 0.6) is 0 Å². The van der Waals surface area contributed by atoms with Gasteiger partial charge in [0.05, 0.1) is 16.3 Å². The molecule has 2 aromatic carbocycles. The third kappa shape index (κ3) is 4.67. The standard InChI is InChI=1S/C21H19FN6O3/c1-13-4-5-14(11-19(13)28(30)31)21(29)25-10-2-3-18-17(12-23)20(24)27(26-18)16-8-6-15(22)7-9-16/h4-9,11H,2-3,10,24H2,1H3,(H,25,29). The zero-order valence-electron chi connectivity index (χ0n) is 16.6. The lowest BCUT2D eigenvalue weighted by molar-refractivity contribution is -0.385. The van der Waals surface area contributed by atoms with Crippen molar-refractivity contribution in [2.75, 3.05) is 12.3 Å². The average molecular weight is 422 g/mol. The Bertz CT molecular complexity index is 1180. The molecule has 0 radical (unpaired) electrons. The monoisotopic (exact) mass is 422 g/mol. The summed E-state index contributed by atoms with van der Waals surface area (Å²) >= 11 is 0. The maximum Gasteiger partial charge on any atom is 0.273 e. The predicted octanol–water partition coefficient (Wildman–Crippen LogP) is 3.04. The second-order valence-corrected chi connectivity index (χ2v) is 6.82. The number of rotatable bonds is 7. The fourth-order valence-corrected chi connectivity index (χ4v) is 3.06. The van der Waals surface area contributed by atoms with E-state index in [2.05, 4.69) is 10.4 Å². The van der Waals surface area contributed by atoms with Gasteiger partial charge < -0.3 is 11.1 Å². The van der Waals surface area contributed by atoms with Gasteiger partial charge in [-0.1, -0.05) is 6.07 Å². The van der Waals surface area contributed by atoms with Gasteiger partial charge in [0, 0.05) is 23.7 Å². The number of anilines is 1. The van der Waals surface area contributed by atoms with Crippen molar-refractivity contribution in [3.8, 4) is 11.8 Å². The number of nitro benzene ring substituents is 1. The Morgan fingerprint density at radius 3 is 2.68 bits per heavy atom. The van der Waals surface area contributed by atoms with Crippen molar-refractivity contribution in [2.45, 2.75) is 19.8 Å². The molecule has 0 aliphatic carbocycles. The minimum absolute atomic E-state index is 0.117. The highest BCUT2D eigenvalue weighted by molar-refractivity contribution is 5.94. The molecule has 0 fully saturated rings. The summed E-state index contributed by atoms with van der Waals surface area (Å²) in [6.07, 6.45) is 0.837. The molecule has 0 unspecified atom stereocenters. The number of aromatic nitrogens is 2. The quantitative estimate of drug-likeness (QED) is 0.341. The number of halogens is 1. The highest BCUT2D eigenvalue weighted by Gasteiger charge is 2.17. The molecule has 3 N–H and O–H groups in total. The summed E-state index contributed by atoms with van der Waals surface area (Å²) < 4.78 is 14.5. The van der Waals surface area contributed by atoms with Crippen molar-refractivity contribution >= 4 is 17.4 Å². The Morgan fingerprint density at radius 2 is 2.03 bits per heavy atom. The van der Waals surface area contributed by atoms with Gasteiger partial charge in [0.15, 0.2) is 0 Å². The van der Waals surface area contributed by atoms with Gasteiger partial charge in [-0.15, -0.1) is 0 Å². The van der Waals surface area contributed by atoms with Gasteiger partial charge in [0.25, 0.3) is 11.6 Å². The first kappa shape index (κ1) is 21.4. The first-order valence-corrected chi connectivity index (χ1v) is 9.38. The van der Waals surface area contributed by atoms with E-state index >= 15 is 0 Å². The van der Waals surface area contributed by atoms with E-state index in [1.165, 1.54) is 47.1 Å². The van der Waals surface area contributed by atoms with Crippen molar-refractivity contribution in [3.05, 3.63) is 80.8 Å². The van der Waals surface area contributed by atoms with Crippen LogP contribution in [0, 0.1) is 34.2 Å². The van der Waals surface area contributed by atoms with Gasteiger partial charge >= 0.3 is 0 Å². The molecule has 0 aliphatic heterocycles. The zero-order chi connectivity index (χ0) is 22.5. The fourth-order valence-electron chi connectivity index (χ4n) is 3.06. The third-order valence-electron chi connectivity index (χ3n) is 4.72. The molecule has 3 aromatic rings. The van der Waals surface area contributed by atoms with Crippen LogP contribution >= 0.6 is 0 Å². The number of hydrogen-bond acceptors (Lipinski definition) is 6. The number of nitrogens with zero attached hydrogens (tertiary/aromatic N) is 4. The van der Waals surface area contributed by atoms with Crippen LogP contribution < -0.4 is 11.1 Å². The molecule has 3 rings (SSSR count). The van der Waals surface area contributed by atoms with Crippen molar-refractivity contribution < 1.29 is 14.1 Å². The van der Waals surface area contributed by atoms with Crippen LogP contribution in [0.4, 0.5) is 15.9 Å². The van der Waals surface area contributed by atoms with Crippen molar-refractivity contribution in [2.24, 2.45) is 0 Å². The second kappa shape index (κ2) is 9.04. The van der Waals surface area contributed by atoms with E-state index in [4.69, 9.17) is 5.73 Å². The third-order valence-corrected chi connectivity index (χ3v) is 4.72. The highest BCUT2D eigenvalue weighted by atomic mass is 19.1. The smallest absolute Gasteiger partial charge is 0.273 e. The number of benzene rings is 2. The van der Waals surface area contributed by atoms with Crippen LogP contribution in [0.1, 0.15) is 33.6 Å². The maximum absolute atomic E-state index is 13.1. The van der Waals surface area contributed by atoms with E-state index in [1.54, 1.807) is 6.92 Å². The number of carbonyl (C=O) groups is 1. The van der Waals surface area contributed by atoms with E-state index in [9.17, 15) is 24.6 Å². The van der Waals surface area contributed by atoms with Crippen LogP contribution in [-0.4, -0.2) is 27.2 Å². The van der Waals surface area contributed by atoms with Gasteiger partial charge in [-0.3, -0.25) is 14.9 Å². The van der Waals surface area contributed by atoms with E-state index in [1.807, 2.05) is 6.07 Å². The highest BCUT2D eigenvalue weighted by Crippen LogP contribution is 2.22. The van der Waals surface area contributed by atoms with Crippen LogP contribution in [0.25, 0.3) is 5.69 Å². The van der Waals surface area contributed by atoms with Crippen molar-refractivity contribution in [1.29, 1.82) is 5.26 Å². The number of nitro groups is 1. The van der Waals surface area contributed by atoms with Crippen LogP contribution in [0.3, 0.4) is 0 Å². The maximum atomic E-state index is 13.1. The molecule has 1 heterocycles. The van der Waals surface area contributed by atoms with Gasteiger partial charge in [-0.2, -0.15) is 10.4 Å². The summed E-state index contributed by atoms with van der Waals surface area (Å²) in [6, 6.07) is 11.9. The fraction of sp³-hybridized carbons (Fsp3) is 0.190. The predicted molar refractivity (Wildman–Crippen MR) is 111 cm³/mol. The Kier molecular flexibility index (Phi) is 6.26. The van der Waals surface area contributed by atoms with Gasteiger partial charge in [-0.25, -0.2) is 9.07 Å². The topological polar surface area (TPSA) is 140 Å². The van der Waals surface area contributed by atoms with E-state index in [0.29, 0.717) is 29.8 Å². The number of carbonyl (C=O) groups excluding carboxylic acids is 1. The summed E-state index contributed by atoms with van der Waals surface area (Å²) in [5.74, 6) is -0.676. The second-order valence-electron chi connectivity index (χ2n) is 6.82. The lowest BCUT2D eigenvalue weighted by Gasteiger charge is -2.06. The molecule has 0 saturated carbocycles. The van der Waals surface area contributed by atoms with Crippen molar-refractivity contribution in [1.82, 2.24) is 15.1 Å². The van der Waals surface area contributed by atoms with Crippen LogP contribution in [-0.2, 0) is 6.42 Å². The summed E-state index contributed by atoms with van der Waals surface area (Å²) in [5.41, 5.74) is 7.79. The Balaban J connectivity index is 1.64. The molecule has 31 heavy (non-hydrogen) atoms. The lowest BCUT2D eigenvalue weighted by Crippen LogP contribution is -2.25. The summed E-state index contributed by atoms with van der Waals surface area (Å²) in [6.45, 7) is 1.87. The molecule has 0 aliphatic rings.